The number of carbonyl (C=O) groups is 2. The quantitative estimate of drug-likeness (QED) is 0.235. The van der Waals surface area contributed by atoms with Crippen LogP contribution in [-0.2, 0) is 43.2 Å². The number of carbonyl (C=O) groups excluding carboxylic acids is 2. The third-order valence-corrected chi connectivity index (χ3v) is 6.12. The number of rotatable bonds is 11. The van der Waals surface area contributed by atoms with E-state index in [0.29, 0.717) is 32.2 Å². The van der Waals surface area contributed by atoms with Crippen LogP contribution >= 0.6 is 0 Å². The summed E-state index contributed by atoms with van der Waals surface area (Å²) < 4.78 is 15.4. The molecule has 0 saturated carbocycles. The first kappa shape index (κ1) is 27.9. The lowest BCUT2D eigenvalue weighted by molar-refractivity contribution is -0.138. The van der Waals surface area contributed by atoms with E-state index in [2.05, 4.69) is 24.3 Å². The molecule has 1 fully saturated rings. The van der Waals surface area contributed by atoms with Gasteiger partial charge < -0.3 is 14.2 Å². The summed E-state index contributed by atoms with van der Waals surface area (Å²) in [5.74, 6) is 0.0575. The van der Waals surface area contributed by atoms with E-state index in [1.54, 1.807) is 0 Å². The van der Waals surface area contributed by atoms with Gasteiger partial charge in [-0.15, -0.1) is 0 Å². The lowest BCUT2D eigenvalue weighted by Crippen LogP contribution is -2.05. The van der Waals surface area contributed by atoms with E-state index in [0.717, 1.165) is 36.8 Å². The Morgan fingerprint density at radius 2 is 1.43 bits per heavy atom. The zero-order valence-corrected chi connectivity index (χ0v) is 21.5. The molecule has 1 aliphatic rings. The first-order valence-corrected chi connectivity index (χ1v) is 12.7. The summed E-state index contributed by atoms with van der Waals surface area (Å²) in [4.78, 5) is 22.4. The number of hydrogen-bond donors (Lipinski definition) is 0. The number of esters is 2. The maximum Gasteiger partial charge on any atom is 0.330 e. The summed E-state index contributed by atoms with van der Waals surface area (Å²) in [6, 6.07) is 30.6. The van der Waals surface area contributed by atoms with Crippen molar-refractivity contribution < 1.29 is 23.8 Å². The molecule has 0 amide bonds. The monoisotopic (exact) mass is 500 g/mol. The second-order valence-corrected chi connectivity index (χ2v) is 9.07. The van der Waals surface area contributed by atoms with Crippen LogP contribution in [0.15, 0.2) is 103 Å². The maximum atomic E-state index is 11.5. The van der Waals surface area contributed by atoms with Gasteiger partial charge in [-0.25, -0.2) is 4.79 Å². The van der Waals surface area contributed by atoms with Crippen LogP contribution in [0.2, 0.25) is 0 Å². The van der Waals surface area contributed by atoms with Crippen LogP contribution in [-0.4, -0.2) is 32.3 Å². The molecule has 37 heavy (non-hydrogen) atoms. The van der Waals surface area contributed by atoms with Crippen molar-refractivity contribution in [1.29, 1.82) is 0 Å². The molecule has 0 bridgehead atoms. The lowest BCUT2D eigenvalue weighted by Gasteiger charge is -2.09. The average molecular weight is 501 g/mol. The van der Waals surface area contributed by atoms with E-state index in [9.17, 15) is 9.59 Å². The van der Waals surface area contributed by atoms with Crippen molar-refractivity contribution in [1.82, 2.24) is 0 Å². The summed E-state index contributed by atoms with van der Waals surface area (Å²) in [5, 5.41) is 0. The molecule has 0 aromatic heterocycles. The molecule has 0 aliphatic carbocycles. The predicted octanol–water partition coefficient (Wildman–Crippen LogP) is 6.12. The first-order chi connectivity index (χ1) is 18.1. The summed E-state index contributed by atoms with van der Waals surface area (Å²) in [5.41, 5.74) is 4.64. The standard InChI is InChI=1S/C20H22O3.C12H14O2/c1-22-20(21)14-19(13-12-17-8-4-2-5-9-17)16-23-15-18-10-6-3-7-11-18;13-12-8-11(9-14-12)7-6-10-4-2-1-3-5-10/h2-11,14H,12-13,15-16H2,1H3;1-5,11H,6-9H2. The van der Waals surface area contributed by atoms with Gasteiger partial charge in [0.05, 0.1) is 33.4 Å². The molecule has 0 radical (unpaired) electrons. The molecule has 5 heteroatoms. The highest BCUT2D eigenvalue weighted by Crippen LogP contribution is 2.19. The Kier molecular flexibility index (Phi) is 12.2. The van der Waals surface area contributed by atoms with Crippen molar-refractivity contribution in [3.63, 3.8) is 0 Å². The van der Waals surface area contributed by atoms with Crippen LogP contribution in [0.1, 0.15) is 36.0 Å². The summed E-state index contributed by atoms with van der Waals surface area (Å²) in [6.45, 7) is 1.58. The Bertz CT molecular complexity index is 1090. The minimum absolute atomic E-state index is 0.0388. The normalized spacial score (nSPS) is 14.9. The van der Waals surface area contributed by atoms with E-state index in [1.165, 1.54) is 24.3 Å². The van der Waals surface area contributed by atoms with Gasteiger partial charge in [0.15, 0.2) is 0 Å². The molecule has 1 saturated heterocycles. The van der Waals surface area contributed by atoms with Gasteiger partial charge in [0.2, 0.25) is 0 Å². The van der Waals surface area contributed by atoms with E-state index in [1.807, 2.05) is 66.7 Å². The largest absolute Gasteiger partial charge is 0.466 e. The predicted molar refractivity (Wildman–Crippen MR) is 145 cm³/mol. The van der Waals surface area contributed by atoms with Crippen molar-refractivity contribution in [2.24, 2.45) is 5.92 Å². The minimum Gasteiger partial charge on any atom is -0.466 e. The molecule has 1 atom stereocenters. The van der Waals surface area contributed by atoms with Gasteiger partial charge >= 0.3 is 11.9 Å². The number of cyclic esters (lactones) is 1. The van der Waals surface area contributed by atoms with Crippen molar-refractivity contribution in [2.75, 3.05) is 20.3 Å². The summed E-state index contributed by atoms with van der Waals surface area (Å²) in [6.07, 6.45) is 5.88. The zero-order chi connectivity index (χ0) is 26.1. The Balaban J connectivity index is 0.000000231. The average Bonchev–Trinajstić information content (AvgIpc) is 3.37. The number of hydrogen-bond acceptors (Lipinski definition) is 5. The third kappa shape index (κ3) is 11.3. The fraction of sp³-hybridized carbons (Fsp3) is 0.312. The van der Waals surface area contributed by atoms with Gasteiger partial charge in [0.25, 0.3) is 0 Å². The molecule has 194 valence electrons. The van der Waals surface area contributed by atoms with Crippen LogP contribution in [0.5, 0.6) is 0 Å². The molecule has 3 aromatic rings. The molecule has 0 spiro atoms. The highest BCUT2D eigenvalue weighted by molar-refractivity contribution is 5.82. The molecule has 1 aliphatic heterocycles. The second-order valence-electron chi connectivity index (χ2n) is 9.07. The molecule has 1 heterocycles. The van der Waals surface area contributed by atoms with E-state index >= 15 is 0 Å². The van der Waals surface area contributed by atoms with Gasteiger partial charge in [-0.3, -0.25) is 4.79 Å². The Hall–Kier alpha value is -3.70. The van der Waals surface area contributed by atoms with Crippen LogP contribution in [0.25, 0.3) is 0 Å². The van der Waals surface area contributed by atoms with Crippen molar-refractivity contribution >= 4 is 11.9 Å². The molecule has 0 N–H and O–H groups in total. The van der Waals surface area contributed by atoms with Gasteiger partial charge in [-0.2, -0.15) is 0 Å². The smallest absolute Gasteiger partial charge is 0.330 e. The molecule has 1 unspecified atom stereocenters. The summed E-state index contributed by atoms with van der Waals surface area (Å²) >= 11 is 0. The summed E-state index contributed by atoms with van der Waals surface area (Å²) in [7, 11) is 1.39. The highest BCUT2D eigenvalue weighted by atomic mass is 16.5. The Morgan fingerprint density at radius 3 is 1.97 bits per heavy atom. The number of methoxy groups -OCH3 is 1. The fourth-order valence-corrected chi connectivity index (χ4v) is 4.00. The molecule has 4 rings (SSSR count). The zero-order valence-electron chi connectivity index (χ0n) is 21.5. The number of ether oxygens (including phenoxy) is 3. The molecule has 3 aromatic carbocycles. The van der Waals surface area contributed by atoms with Crippen LogP contribution in [0, 0.1) is 5.92 Å². The van der Waals surface area contributed by atoms with Crippen molar-refractivity contribution in [3.8, 4) is 0 Å². The third-order valence-electron chi connectivity index (χ3n) is 6.12. The number of benzene rings is 3. The first-order valence-electron chi connectivity index (χ1n) is 12.7. The van der Waals surface area contributed by atoms with E-state index in [-0.39, 0.29) is 11.9 Å². The number of aryl methyl sites for hydroxylation is 2. The van der Waals surface area contributed by atoms with E-state index < -0.39 is 0 Å². The molecular formula is C32H36O5. The SMILES string of the molecule is COC(=O)C=C(CCc1ccccc1)COCc1ccccc1.O=C1CC(CCc2ccccc2)CO1. The van der Waals surface area contributed by atoms with Crippen molar-refractivity contribution in [2.45, 2.75) is 38.7 Å². The second kappa shape index (κ2) is 16.1. The van der Waals surface area contributed by atoms with Gasteiger partial charge in [-0.05, 0) is 47.9 Å². The van der Waals surface area contributed by atoms with Gasteiger partial charge in [0, 0.05) is 12.0 Å². The van der Waals surface area contributed by atoms with Gasteiger partial charge in [0.1, 0.15) is 0 Å². The lowest BCUT2D eigenvalue weighted by atomic mass is 9.99. The highest BCUT2D eigenvalue weighted by Gasteiger charge is 2.22. The van der Waals surface area contributed by atoms with Crippen LogP contribution < -0.4 is 0 Å². The van der Waals surface area contributed by atoms with Crippen LogP contribution in [0.3, 0.4) is 0 Å². The topological polar surface area (TPSA) is 61.8 Å². The van der Waals surface area contributed by atoms with Gasteiger partial charge in [-0.1, -0.05) is 91.0 Å². The molecular weight excluding hydrogens is 464 g/mol. The Labute approximate surface area is 220 Å². The fourth-order valence-electron chi connectivity index (χ4n) is 4.00. The minimum atomic E-state index is -0.337. The Morgan fingerprint density at radius 1 is 0.865 bits per heavy atom. The molecule has 5 nitrogen and oxygen atoms in total. The maximum absolute atomic E-state index is 11.5. The van der Waals surface area contributed by atoms with E-state index in [4.69, 9.17) is 14.2 Å². The van der Waals surface area contributed by atoms with Crippen molar-refractivity contribution in [3.05, 3.63) is 119 Å². The van der Waals surface area contributed by atoms with Crippen LogP contribution in [0.4, 0.5) is 0 Å².